The van der Waals surface area contributed by atoms with Gasteiger partial charge in [-0.2, -0.15) is 16.8 Å². The van der Waals surface area contributed by atoms with Gasteiger partial charge in [-0.05, 0) is 50.6 Å². The summed E-state index contributed by atoms with van der Waals surface area (Å²) < 4.78 is 59.1. The van der Waals surface area contributed by atoms with E-state index in [0.717, 1.165) is 11.1 Å². The molecule has 29 heavy (non-hydrogen) atoms. The van der Waals surface area contributed by atoms with Gasteiger partial charge >= 0.3 is 0 Å². The average molecular weight is 466 g/mol. The molecule has 0 spiro atoms. The molecular weight excluding hydrogens is 438 g/mol. The zero-order valence-corrected chi connectivity index (χ0v) is 19.0. The molecule has 0 radical (unpaired) electrons. The number of benzene rings is 2. The van der Waals surface area contributed by atoms with Gasteiger partial charge in [-0.3, -0.25) is 19.7 Å². The fourth-order valence-electron chi connectivity index (χ4n) is 1.42. The van der Waals surface area contributed by atoms with Crippen molar-refractivity contribution < 1.29 is 25.9 Å². The van der Waals surface area contributed by atoms with Gasteiger partial charge in [0.05, 0.1) is 9.79 Å². The van der Waals surface area contributed by atoms with Crippen LogP contribution in [0.2, 0.25) is 0 Å². The molecule has 2 rings (SSSR count). The van der Waals surface area contributed by atoms with Crippen LogP contribution in [0.5, 0.6) is 0 Å². The van der Waals surface area contributed by atoms with Gasteiger partial charge < -0.3 is 5.73 Å². The van der Waals surface area contributed by atoms with E-state index in [-0.39, 0.29) is 15.0 Å². The average Bonchev–Trinajstić information content (AvgIpc) is 2.54. The minimum absolute atomic E-state index is 0.0666. The summed E-state index contributed by atoms with van der Waals surface area (Å²) in [6.45, 7) is 3.68. The fraction of sp³-hybridized carbons (Fsp3) is 0.235. The molecule has 7 N–H and O–H groups in total. The minimum Gasteiger partial charge on any atom is -0.379 e. The second-order valence-electron chi connectivity index (χ2n) is 6.35. The van der Waals surface area contributed by atoms with Crippen molar-refractivity contribution in [3.8, 4) is 0 Å². The molecule has 0 atom stereocenters. The van der Waals surface area contributed by atoms with Crippen LogP contribution >= 0.6 is 10.2 Å². The molecule has 0 amide bonds. The van der Waals surface area contributed by atoms with Gasteiger partial charge in [0.25, 0.3) is 20.2 Å². The lowest BCUT2D eigenvalue weighted by Crippen LogP contribution is -2.24. The predicted molar refractivity (Wildman–Crippen MR) is 118 cm³/mol. The molecule has 0 fully saturated rings. The Hall–Kier alpha value is -1.96. The van der Waals surface area contributed by atoms with Gasteiger partial charge in [-0.25, -0.2) is 0 Å². The highest BCUT2D eigenvalue weighted by Gasteiger charge is 2.07. The summed E-state index contributed by atoms with van der Waals surface area (Å²) in [5.74, 6) is 0. The molecule has 2 aromatic rings. The topological polar surface area (TPSA) is 185 Å². The molecule has 0 heterocycles. The Labute approximate surface area is 173 Å². The molecule has 164 valence electrons. The second kappa shape index (κ2) is 10.7. The number of rotatable bonds is 2. The number of nitrogens with two attached hydrogens (primary N) is 2. The van der Waals surface area contributed by atoms with Crippen molar-refractivity contribution in [2.24, 2.45) is 10.9 Å². The number of aryl methyl sites for hydroxylation is 2. The van der Waals surface area contributed by atoms with Crippen molar-refractivity contribution in [1.82, 2.24) is 0 Å². The molecule has 0 unspecified atom stereocenters. The van der Waals surface area contributed by atoms with Gasteiger partial charge in [-0.1, -0.05) is 35.4 Å². The summed E-state index contributed by atoms with van der Waals surface area (Å²) in [6, 6.07) is 12.0. The molecule has 0 saturated heterocycles. The summed E-state index contributed by atoms with van der Waals surface area (Å²) in [5.41, 5.74) is 6.98. The molecule has 2 aromatic carbocycles. The summed E-state index contributed by atoms with van der Waals surface area (Å²) in [7, 11) is -9.42. The lowest BCUT2D eigenvalue weighted by molar-refractivity contribution is 0.481. The largest absolute Gasteiger partial charge is 0.379 e. The standard InChI is InChI=1S/2C7H8O3S.C3H11N3S/c2*1-6-2-4-7(5-3-6)11(8,9)10;1-7(2,6)3(4)5/h2*2-5H,1H3,(H,8,9,10);6H2,1-2H3,(H3,4,5). The van der Waals surface area contributed by atoms with Crippen LogP contribution in [0.1, 0.15) is 11.1 Å². The van der Waals surface area contributed by atoms with Crippen molar-refractivity contribution in [3.05, 3.63) is 59.7 Å². The molecular formula is C17H27N3O6S3. The van der Waals surface area contributed by atoms with Gasteiger partial charge in [0.15, 0.2) is 0 Å². The number of nitrogens with one attached hydrogen (secondary N) is 1. The quantitative estimate of drug-likeness (QED) is 0.254. The Bertz CT molecular complexity index is 938. The van der Waals surface area contributed by atoms with E-state index in [1.807, 2.05) is 13.8 Å². The van der Waals surface area contributed by atoms with Gasteiger partial charge in [-0.15, -0.1) is 10.2 Å². The van der Waals surface area contributed by atoms with E-state index in [4.69, 9.17) is 25.4 Å². The number of hydrogen-bond donors (Lipinski definition) is 5. The maximum Gasteiger partial charge on any atom is 0.294 e. The lowest BCUT2D eigenvalue weighted by Gasteiger charge is -2.21. The van der Waals surface area contributed by atoms with E-state index in [1.54, 1.807) is 36.8 Å². The number of amidine groups is 1. The van der Waals surface area contributed by atoms with E-state index in [1.165, 1.54) is 24.3 Å². The third-order valence-corrected chi connectivity index (χ3v) is 6.07. The lowest BCUT2D eigenvalue weighted by atomic mass is 10.2. The molecule has 0 aliphatic carbocycles. The molecule has 9 nitrogen and oxygen atoms in total. The van der Waals surface area contributed by atoms with Crippen molar-refractivity contribution in [2.45, 2.75) is 23.6 Å². The molecule has 0 aromatic heterocycles. The van der Waals surface area contributed by atoms with Crippen molar-refractivity contribution >= 4 is 35.6 Å². The second-order valence-corrected chi connectivity index (χ2v) is 12.4. The molecule has 0 aliphatic heterocycles. The SMILES string of the molecule is CS(C)(N)C(=N)N.Cc1ccc(S(=O)(=O)O)cc1.Cc1ccc(S(=O)(=O)O)cc1. The summed E-state index contributed by atoms with van der Waals surface area (Å²) in [5, 5.41) is 12.4. The van der Waals surface area contributed by atoms with Crippen molar-refractivity contribution in [1.29, 1.82) is 5.41 Å². The predicted octanol–water partition coefficient (Wildman–Crippen LogP) is 2.30. The smallest absolute Gasteiger partial charge is 0.294 e. The van der Waals surface area contributed by atoms with Gasteiger partial charge in [0, 0.05) is 0 Å². The highest BCUT2D eigenvalue weighted by molar-refractivity contribution is 8.42. The Morgan fingerprint density at radius 1 is 0.759 bits per heavy atom. The van der Waals surface area contributed by atoms with E-state index in [2.05, 4.69) is 0 Å². The Kier molecular flexibility index (Phi) is 9.99. The normalized spacial score (nSPS) is 12.0. The molecule has 12 heteroatoms. The first-order valence-corrected chi connectivity index (χ1v) is 13.3. The molecule has 0 saturated carbocycles. The Balaban J connectivity index is 0.000000419. The first-order valence-electron chi connectivity index (χ1n) is 7.88. The van der Waals surface area contributed by atoms with Gasteiger partial charge in [0.2, 0.25) is 0 Å². The maximum absolute atomic E-state index is 10.5. The van der Waals surface area contributed by atoms with E-state index >= 15 is 0 Å². The van der Waals surface area contributed by atoms with Crippen LogP contribution in [0, 0.1) is 19.3 Å². The summed E-state index contributed by atoms with van der Waals surface area (Å²) in [4.78, 5) is -0.133. The zero-order valence-electron chi connectivity index (χ0n) is 16.5. The zero-order chi connectivity index (χ0) is 23.0. The molecule has 0 bridgehead atoms. The summed E-state index contributed by atoms with van der Waals surface area (Å²) >= 11 is 0. The first kappa shape index (κ1) is 27.0. The number of hydrogen-bond acceptors (Lipinski definition) is 6. The maximum atomic E-state index is 10.5. The first-order chi connectivity index (χ1) is 12.9. The molecule has 0 aliphatic rings. The van der Waals surface area contributed by atoms with Gasteiger partial charge in [0.1, 0.15) is 5.17 Å². The van der Waals surface area contributed by atoms with E-state index < -0.39 is 30.5 Å². The van der Waals surface area contributed by atoms with Crippen LogP contribution in [0.15, 0.2) is 58.3 Å². The Morgan fingerprint density at radius 2 is 0.966 bits per heavy atom. The van der Waals surface area contributed by atoms with E-state index in [9.17, 15) is 16.8 Å². The highest BCUT2D eigenvalue weighted by atomic mass is 32.3. The van der Waals surface area contributed by atoms with Crippen LogP contribution in [0.4, 0.5) is 0 Å². The third kappa shape index (κ3) is 11.6. The highest BCUT2D eigenvalue weighted by Crippen LogP contribution is 2.26. The van der Waals surface area contributed by atoms with Crippen LogP contribution in [0.3, 0.4) is 0 Å². The Morgan fingerprint density at radius 3 is 1.10 bits per heavy atom. The van der Waals surface area contributed by atoms with Crippen LogP contribution in [0.25, 0.3) is 0 Å². The fourth-order valence-corrected chi connectivity index (χ4v) is 2.38. The van der Waals surface area contributed by atoms with E-state index in [0.29, 0.717) is 0 Å². The van der Waals surface area contributed by atoms with Crippen LogP contribution < -0.4 is 10.9 Å². The minimum atomic E-state index is -4.02. The van der Waals surface area contributed by atoms with Crippen molar-refractivity contribution in [3.63, 3.8) is 0 Å². The third-order valence-electron chi connectivity index (χ3n) is 3.20. The van der Waals surface area contributed by atoms with Crippen LogP contribution in [-0.2, 0) is 20.2 Å². The monoisotopic (exact) mass is 465 g/mol. The van der Waals surface area contributed by atoms with Crippen molar-refractivity contribution in [2.75, 3.05) is 12.5 Å². The van der Waals surface area contributed by atoms with Crippen LogP contribution in [-0.4, -0.2) is 43.6 Å². The summed E-state index contributed by atoms with van der Waals surface area (Å²) in [6.07, 6.45) is 3.55.